The van der Waals surface area contributed by atoms with Crippen LogP contribution in [0.1, 0.15) is 16.8 Å². The van der Waals surface area contributed by atoms with E-state index in [0.29, 0.717) is 0 Å². The number of fused-ring (bicyclic) bond motifs is 1. The lowest BCUT2D eigenvalue weighted by Crippen LogP contribution is -2.06. The van der Waals surface area contributed by atoms with E-state index in [2.05, 4.69) is 41.6 Å². The highest BCUT2D eigenvalue weighted by Gasteiger charge is 2.21. The minimum atomic E-state index is 0.898. The number of hydrogen-bond donors (Lipinski definition) is 1. The van der Waals surface area contributed by atoms with E-state index in [1.807, 2.05) is 11.7 Å². The number of nitrogens with zero attached hydrogens (tertiary/aromatic N) is 2. The lowest BCUT2D eigenvalue weighted by atomic mass is 10.0. The van der Waals surface area contributed by atoms with Crippen LogP contribution in [0.4, 0.5) is 0 Å². The molecule has 0 fully saturated rings. The van der Waals surface area contributed by atoms with Crippen molar-refractivity contribution in [1.29, 1.82) is 0 Å². The van der Waals surface area contributed by atoms with E-state index >= 15 is 0 Å². The van der Waals surface area contributed by atoms with Crippen LogP contribution in [0.25, 0.3) is 11.3 Å². The van der Waals surface area contributed by atoms with Crippen molar-refractivity contribution in [3.05, 3.63) is 41.1 Å². The molecule has 0 spiro atoms. The maximum Gasteiger partial charge on any atom is 0.0814 e. The number of aryl methyl sites for hydroxylation is 2. The van der Waals surface area contributed by atoms with E-state index in [9.17, 15) is 0 Å². The molecule has 0 bridgehead atoms. The van der Waals surface area contributed by atoms with Crippen molar-refractivity contribution in [3.63, 3.8) is 0 Å². The lowest BCUT2D eigenvalue weighted by molar-refractivity contribution is 0.693. The molecular weight excluding hydrogens is 198 g/mol. The molecule has 0 aliphatic carbocycles. The van der Waals surface area contributed by atoms with E-state index in [-0.39, 0.29) is 0 Å². The molecule has 1 aliphatic heterocycles. The molecule has 2 aromatic rings. The minimum Gasteiger partial charge on any atom is -0.307 e. The Hall–Kier alpha value is -1.61. The minimum absolute atomic E-state index is 0.898. The van der Waals surface area contributed by atoms with Gasteiger partial charge in [0.2, 0.25) is 0 Å². The van der Waals surface area contributed by atoms with Crippen LogP contribution in [-0.2, 0) is 20.1 Å². The van der Waals surface area contributed by atoms with E-state index in [1.54, 1.807) is 0 Å². The second-order valence-corrected chi connectivity index (χ2v) is 4.32. The van der Waals surface area contributed by atoms with Gasteiger partial charge in [0.15, 0.2) is 0 Å². The van der Waals surface area contributed by atoms with Gasteiger partial charge in [-0.25, -0.2) is 0 Å². The average molecular weight is 213 g/mol. The first kappa shape index (κ1) is 9.60. The van der Waals surface area contributed by atoms with Crippen molar-refractivity contribution >= 4 is 0 Å². The molecule has 1 aromatic carbocycles. The van der Waals surface area contributed by atoms with Crippen LogP contribution in [0, 0.1) is 6.92 Å². The summed E-state index contributed by atoms with van der Waals surface area (Å²) in [6, 6.07) is 8.49. The van der Waals surface area contributed by atoms with Gasteiger partial charge >= 0.3 is 0 Å². The molecule has 2 heterocycles. The molecule has 82 valence electrons. The van der Waals surface area contributed by atoms with Gasteiger partial charge < -0.3 is 5.32 Å². The van der Waals surface area contributed by atoms with Crippen LogP contribution in [-0.4, -0.2) is 9.78 Å². The van der Waals surface area contributed by atoms with Gasteiger partial charge in [-0.2, -0.15) is 5.10 Å². The molecule has 1 aromatic heterocycles. The summed E-state index contributed by atoms with van der Waals surface area (Å²) in [7, 11) is 2.03. The van der Waals surface area contributed by atoms with Crippen molar-refractivity contribution in [2.45, 2.75) is 20.0 Å². The third-order valence-electron chi connectivity index (χ3n) is 3.22. The highest BCUT2D eigenvalue weighted by molar-refractivity contribution is 5.68. The van der Waals surface area contributed by atoms with Crippen LogP contribution in [0.2, 0.25) is 0 Å². The van der Waals surface area contributed by atoms with Crippen LogP contribution in [0.3, 0.4) is 0 Å². The fourth-order valence-electron chi connectivity index (χ4n) is 2.43. The molecule has 0 amide bonds. The number of nitrogens with one attached hydrogen (secondary N) is 1. The Morgan fingerprint density at radius 3 is 2.88 bits per heavy atom. The Morgan fingerprint density at radius 1 is 1.25 bits per heavy atom. The average Bonchev–Trinajstić information content (AvgIpc) is 2.79. The highest BCUT2D eigenvalue weighted by atomic mass is 15.3. The molecule has 3 heteroatoms. The quantitative estimate of drug-likeness (QED) is 0.785. The predicted molar refractivity (Wildman–Crippen MR) is 63.9 cm³/mol. The zero-order chi connectivity index (χ0) is 11.1. The molecule has 0 saturated heterocycles. The van der Waals surface area contributed by atoms with E-state index in [1.165, 1.54) is 28.1 Å². The van der Waals surface area contributed by atoms with E-state index in [0.717, 1.165) is 13.1 Å². The van der Waals surface area contributed by atoms with Gasteiger partial charge in [0.25, 0.3) is 0 Å². The smallest absolute Gasteiger partial charge is 0.0814 e. The van der Waals surface area contributed by atoms with Crippen molar-refractivity contribution in [2.75, 3.05) is 0 Å². The Labute approximate surface area is 95.1 Å². The van der Waals surface area contributed by atoms with Gasteiger partial charge in [0.1, 0.15) is 0 Å². The summed E-state index contributed by atoms with van der Waals surface area (Å²) in [5, 5.41) is 7.91. The first-order chi connectivity index (χ1) is 7.77. The summed E-state index contributed by atoms with van der Waals surface area (Å²) >= 11 is 0. The molecule has 0 saturated carbocycles. The largest absolute Gasteiger partial charge is 0.307 e. The second kappa shape index (κ2) is 3.46. The molecular formula is C13H15N3. The van der Waals surface area contributed by atoms with E-state index in [4.69, 9.17) is 0 Å². The third-order valence-corrected chi connectivity index (χ3v) is 3.22. The molecule has 0 radical (unpaired) electrons. The first-order valence-corrected chi connectivity index (χ1v) is 5.59. The third kappa shape index (κ3) is 1.28. The van der Waals surface area contributed by atoms with Gasteiger partial charge in [-0.1, -0.05) is 24.3 Å². The highest BCUT2D eigenvalue weighted by Crippen LogP contribution is 2.30. The molecule has 1 N–H and O–H groups in total. The van der Waals surface area contributed by atoms with Crippen LogP contribution in [0.5, 0.6) is 0 Å². The summed E-state index contributed by atoms with van der Waals surface area (Å²) in [4.78, 5) is 0. The molecule has 0 unspecified atom stereocenters. The molecule has 3 rings (SSSR count). The maximum atomic E-state index is 4.56. The number of rotatable bonds is 1. The van der Waals surface area contributed by atoms with Crippen molar-refractivity contribution in [1.82, 2.24) is 15.1 Å². The summed E-state index contributed by atoms with van der Waals surface area (Å²) in [5.74, 6) is 0. The summed E-state index contributed by atoms with van der Waals surface area (Å²) in [6.07, 6.45) is 0. The van der Waals surface area contributed by atoms with E-state index < -0.39 is 0 Å². The van der Waals surface area contributed by atoms with Gasteiger partial charge in [0, 0.05) is 31.3 Å². The normalized spacial score (nSPS) is 14.1. The molecule has 16 heavy (non-hydrogen) atoms. The van der Waals surface area contributed by atoms with Crippen LogP contribution < -0.4 is 5.32 Å². The molecule has 3 nitrogen and oxygen atoms in total. The number of aromatic nitrogens is 2. The number of benzene rings is 1. The monoisotopic (exact) mass is 213 g/mol. The summed E-state index contributed by atoms with van der Waals surface area (Å²) in [6.45, 7) is 3.99. The Morgan fingerprint density at radius 2 is 2.06 bits per heavy atom. The van der Waals surface area contributed by atoms with Gasteiger partial charge in [-0.3, -0.25) is 4.68 Å². The summed E-state index contributed by atoms with van der Waals surface area (Å²) < 4.78 is 2.01. The SMILES string of the molecule is Cc1ccccc1-c1c2c(nn1C)CNC2. The van der Waals surface area contributed by atoms with Gasteiger partial charge in [-0.15, -0.1) is 0 Å². The van der Waals surface area contributed by atoms with Crippen molar-refractivity contribution < 1.29 is 0 Å². The predicted octanol–water partition coefficient (Wildman–Crippen LogP) is 2.00. The second-order valence-electron chi connectivity index (χ2n) is 4.32. The standard InChI is InChI=1S/C13H15N3/c1-9-5-3-4-6-10(9)13-11-7-14-8-12(11)15-16(13)2/h3-6,14H,7-8H2,1-2H3. The molecule has 0 atom stereocenters. The van der Waals surface area contributed by atoms with Gasteiger partial charge in [-0.05, 0) is 12.5 Å². The van der Waals surface area contributed by atoms with Crippen LogP contribution in [0.15, 0.2) is 24.3 Å². The first-order valence-electron chi connectivity index (χ1n) is 5.59. The van der Waals surface area contributed by atoms with Crippen molar-refractivity contribution in [2.24, 2.45) is 7.05 Å². The Kier molecular flexibility index (Phi) is 2.07. The van der Waals surface area contributed by atoms with Crippen molar-refractivity contribution in [3.8, 4) is 11.3 Å². The zero-order valence-corrected chi connectivity index (χ0v) is 9.62. The Bertz CT molecular complexity index is 540. The topological polar surface area (TPSA) is 29.9 Å². The summed E-state index contributed by atoms with van der Waals surface area (Å²) in [5.41, 5.74) is 6.42. The fourth-order valence-corrected chi connectivity index (χ4v) is 2.43. The zero-order valence-electron chi connectivity index (χ0n) is 9.62. The van der Waals surface area contributed by atoms with Gasteiger partial charge in [0.05, 0.1) is 11.4 Å². The van der Waals surface area contributed by atoms with Crippen LogP contribution >= 0.6 is 0 Å². The maximum absolute atomic E-state index is 4.56. The fraction of sp³-hybridized carbons (Fsp3) is 0.308. The Balaban J connectivity index is 2.24. The lowest BCUT2D eigenvalue weighted by Gasteiger charge is -2.08. The molecule has 1 aliphatic rings. The number of hydrogen-bond acceptors (Lipinski definition) is 2.